The molecule has 1 aromatic carbocycles. The molecule has 1 amide bonds. The van der Waals surface area contributed by atoms with Gasteiger partial charge in [-0.25, -0.2) is 4.79 Å². The molecule has 0 aliphatic carbocycles. The number of carbonyl (C=O) groups excluding carboxylic acids is 1. The monoisotopic (exact) mass is 406 g/mol. The van der Waals surface area contributed by atoms with Crippen LogP contribution in [-0.2, 0) is 4.79 Å². The van der Waals surface area contributed by atoms with Gasteiger partial charge in [0, 0.05) is 29.4 Å². The zero-order valence-electron chi connectivity index (χ0n) is 14.1. The molecule has 2 aromatic heterocycles. The predicted molar refractivity (Wildman–Crippen MR) is 110 cm³/mol. The Morgan fingerprint density at radius 3 is 2.89 bits per heavy atom. The Balaban J connectivity index is 1.70. The number of nitrogens with one attached hydrogen (secondary N) is 1. The Morgan fingerprint density at radius 2 is 2.14 bits per heavy atom. The summed E-state index contributed by atoms with van der Waals surface area (Å²) in [4.78, 5) is 27.5. The summed E-state index contributed by atoms with van der Waals surface area (Å²) in [7, 11) is 0. The van der Waals surface area contributed by atoms with Crippen molar-refractivity contribution in [3.8, 4) is 11.8 Å². The lowest BCUT2D eigenvalue weighted by atomic mass is 10.1. The number of hydrogen-bond donors (Lipinski definition) is 2. The molecule has 3 heterocycles. The van der Waals surface area contributed by atoms with Gasteiger partial charge in [0.15, 0.2) is 5.58 Å². The van der Waals surface area contributed by atoms with Crippen LogP contribution < -0.4 is 5.32 Å². The van der Waals surface area contributed by atoms with Crippen LogP contribution in [-0.4, -0.2) is 26.3 Å². The molecule has 0 spiro atoms. The summed E-state index contributed by atoms with van der Waals surface area (Å²) in [6, 6.07) is 8.13. The standard InChI is InChI=1S/C20H10N2O4S2/c23-18-16(28-20(27)22-18)8-15-7-14-10-21-9-13(17(14)26-15)5-4-11-2-1-3-12(6-11)19(24)25/h1-3,6-10H,(H,24,25)(H,22,23,27). The zero-order valence-corrected chi connectivity index (χ0v) is 15.7. The maximum absolute atomic E-state index is 11.8. The predicted octanol–water partition coefficient (Wildman–Crippen LogP) is 3.41. The maximum atomic E-state index is 11.8. The second-order valence-corrected chi connectivity index (χ2v) is 7.46. The van der Waals surface area contributed by atoms with E-state index in [0.29, 0.717) is 31.7 Å². The molecule has 1 saturated heterocycles. The van der Waals surface area contributed by atoms with Crippen molar-refractivity contribution in [1.29, 1.82) is 0 Å². The molecule has 0 saturated carbocycles. The molecule has 0 radical (unpaired) electrons. The van der Waals surface area contributed by atoms with E-state index in [0.717, 1.165) is 5.39 Å². The van der Waals surface area contributed by atoms with E-state index in [2.05, 4.69) is 22.1 Å². The summed E-state index contributed by atoms with van der Waals surface area (Å²) < 4.78 is 6.25. The van der Waals surface area contributed by atoms with Gasteiger partial charge < -0.3 is 14.8 Å². The largest absolute Gasteiger partial charge is 0.478 e. The molecule has 136 valence electrons. The van der Waals surface area contributed by atoms with Crippen molar-refractivity contribution < 1.29 is 19.1 Å². The smallest absolute Gasteiger partial charge is 0.335 e. The van der Waals surface area contributed by atoms with Crippen LogP contribution in [0.15, 0.2) is 52.0 Å². The number of aromatic nitrogens is 1. The molecular formula is C20H10N2O4S2. The number of nitrogens with zero attached hydrogens (tertiary/aromatic N) is 1. The van der Waals surface area contributed by atoms with Crippen LogP contribution in [0.3, 0.4) is 0 Å². The minimum absolute atomic E-state index is 0.167. The van der Waals surface area contributed by atoms with Gasteiger partial charge in [-0.2, -0.15) is 0 Å². The van der Waals surface area contributed by atoms with Gasteiger partial charge in [0.05, 0.1) is 16.0 Å². The van der Waals surface area contributed by atoms with E-state index in [1.165, 1.54) is 23.9 Å². The maximum Gasteiger partial charge on any atom is 0.335 e. The van der Waals surface area contributed by atoms with Crippen LogP contribution in [0.2, 0.25) is 0 Å². The Hall–Kier alpha value is -3.41. The summed E-state index contributed by atoms with van der Waals surface area (Å²) in [5.74, 6) is 5.12. The number of hydrogen-bond acceptors (Lipinski definition) is 6. The third kappa shape index (κ3) is 3.67. The molecular weight excluding hydrogens is 396 g/mol. The Labute approximate surface area is 168 Å². The average Bonchev–Trinajstić information content (AvgIpc) is 3.22. The van der Waals surface area contributed by atoms with E-state index in [4.69, 9.17) is 21.7 Å². The third-order valence-corrected chi connectivity index (χ3v) is 4.97. The SMILES string of the molecule is O=C1NC(=S)SC1=Cc1cc2cncc(C#Cc3cccc(C(=O)O)c3)c2o1. The number of rotatable bonds is 2. The number of pyridine rings is 1. The minimum atomic E-state index is -1.01. The molecule has 1 aliphatic heterocycles. The van der Waals surface area contributed by atoms with Crippen LogP contribution >= 0.6 is 24.0 Å². The van der Waals surface area contributed by atoms with Gasteiger partial charge in [-0.15, -0.1) is 0 Å². The van der Waals surface area contributed by atoms with Gasteiger partial charge in [0.2, 0.25) is 0 Å². The molecule has 1 fully saturated rings. The van der Waals surface area contributed by atoms with Gasteiger partial charge >= 0.3 is 5.97 Å². The summed E-state index contributed by atoms with van der Waals surface area (Å²) in [6.45, 7) is 0. The molecule has 0 unspecified atom stereocenters. The van der Waals surface area contributed by atoms with Crippen molar-refractivity contribution in [2.45, 2.75) is 0 Å². The second-order valence-electron chi connectivity index (χ2n) is 5.74. The number of carboxylic acids is 1. The van der Waals surface area contributed by atoms with Gasteiger partial charge in [-0.3, -0.25) is 9.78 Å². The lowest BCUT2D eigenvalue weighted by Crippen LogP contribution is -2.17. The quantitative estimate of drug-likeness (QED) is 0.383. The van der Waals surface area contributed by atoms with Crippen LogP contribution in [0.4, 0.5) is 0 Å². The first kappa shape index (κ1) is 18.0. The van der Waals surface area contributed by atoms with Crippen molar-refractivity contribution in [3.63, 3.8) is 0 Å². The summed E-state index contributed by atoms with van der Waals surface area (Å²) >= 11 is 6.15. The molecule has 0 atom stereocenters. The van der Waals surface area contributed by atoms with Crippen LogP contribution in [0.5, 0.6) is 0 Å². The van der Waals surface area contributed by atoms with Crippen molar-refractivity contribution in [2.24, 2.45) is 0 Å². The molecule has 1 aliphatic rings. The molecule has 0 bridgehead atoms. The van der Waals surface area contributed by atoms with E-state index in [1.807, 2.05) is 0 Å². The van der Waals surface area contributed by atoms with Crippen LogP contribution in [0.25, 0.3) is 17.0 Å². The van der Waals surface area contributed by atoms with E-state index in [-0.39, 0.29) is 11.5 Å². The highest BCUT2D eigenvalue weighted by Gasteiger charge is 2.22. The number of thioether (sulfide) groups is 1. The van der Waals surface area contributed by atoms with E-state index in [9.17, 15) is 9.59 Å². The highest BCUT2D eigenvalue weighted by atomic mass is 32.2. The fourth-order valence-corrected chi connectivity index (χ4v) is 3.59. The minimum Gasteiger partial charge on any atom is -0.478 e. The lowest BCUT2D eigenvalue weighted by Gasteiger charge is -1.95. The van der Waals surface area contributed by atoms with Crippen molar-refractivity contribution >= 4 is 57.2 Å². The van der Waals surface area contributed by atoms with E-state index < -0.39 is 5.97 Å². The van der Waals surface area contributed by atoms with Crippen molar-refractivity contribution in [1.82, 2.24) is 10.3 Å². The normalized spacial score (nSPS) is 14.8. The summed E-state index contributed by atoms with van der Waals surface area (Å²) in [6.07, 6.45) is 4.83. The molecule has 8 heteroatoms. The van der Waals surface area contributed by atoms with Crippen molar-refractivity contribution in [3.05, 3.63) is 70.1 Å². The number of thiocarbonyl (C=S) groups is 1. The first-order chi connectivity index (χ1) is 13.5. The highest BCUT2D eigenvalue weighted by molar-refractivity contribution is 8.26. The molecule has 28 heavy (non-hydrogen) atoms. The Kier molecular flexibility index (Phi) is 4.69. The van der Waals surface area contributed by atoms with Gasteiger partial charge in [-0.1, -0.05) is 41.9 Å². The first-order valence-electron chi connectivity index (χ1n) is 7.97. The topological polar surface area (TPSA) is 92.4 Å². The second kappa shape index (κ2) is 7.31. The molecule has 3 aromatic rings. The number of amides is 1. The highest BCUT2D eigenvalue weighted by Crippen LogP contribution is 2.29. The fraction of sp³-hybridized carbons (Fsp3) is 0. The number of carbonyl (C=O) groups is 2. The zero-order chi connectivity index (χ0) is 19.7. The average molecular weight is 406 g/mol. The lowest BCUT2D eigenvalue weighted by molar-refractivity contribution is -0.115. The number of fused-ring (bicyclic) bond motifs is 1. The van der Waals surface area contributed by atoms with E-state index in [1.54, 1.807) is 36.7 Å². The Morgan fingerprint density at radius 1 is 1.29 bits per heavy atom. The number of benzene rings is 1. The molecule has 4 rings (SSSR count). The van der Waals surface area contributed by atoms with Gasteiger partial charge in [-0.05, 0) is 24.3 Å². The number of furan rings is 1. The third-order valence-electron chi connectivity index (χ3n) is 3.81. The van der Waals surface area contributed by atoms with E-state index >= 15 is 0 Å². The molecule has 2 N–H and O–H groups in total. The van der Waals surface area contributed by atoms with Gasteiger partial charge in [0.25, 0.3) is 5.91 Å². The number of carboxylic acid groups (broad SMARTS) is 1. The Bertz CT molecular complexity index is 1250. The fourth-order valence-electron chi connectivity index (χ4n) is 2.56. The van der Waals surface area contributed by atoms with Crippen molar-refractivity contribution in [2.75, 3.05) is 0 Å². The summed E-state index contributed by atoms with van der Waals surface area (Å²) in [5.41, 5.74) is 1.83. The summed E-state index contributed by atoms with van der Waals surface area (Å²) in [5, 5.41) is 12.4. The molecule has 6 nitrogen and oxygen atoms in total. The number of aromatic carboxylic acids is 1. The van der Waals surface area contributed by atoms with Gasteiger partial charge in [0.1, 0.15) is 10.1 Å². The first-order valence-corrected chi connectivity index (χ1v) is 9.20. The van der Waals surface area contributed by atoms with Crippen LogP contribution in [0, 0.1) is 11.8 Å². The van der Waals surface area contributed by atoms with Crippen LogP contribution in [0.1, 0.15) is 27.2 Å².